The van der Waals surface area contributed by atoms with Crippen molar-refractivity contribution in [3.8, 4) is 0 Å². The summed E-state index contributed by atoms with van der Waals surface area (Å²) < 4.78 is 38.6. The molecule has 4 rings (SSSR count). The zero-order valence-electron chi connectivity index (χ0n) is 22.8. The van der Waals surface area contributed by atoms with E-state index in [0.29, 0.717) is 0 Å². The van der Waals surface area contributed by atoms with Crippen LogP contribution < -0.4 is 5.11 Å². The highest BCUT2D eigenvalue weighted by Crippen LogP contribution is 2.33. The average molecular weight is 602 g/mol. The first-order valence-corrected chi connectivity index (χ1v) is 13.5. The molecule has 0 amide bonds. The molecule has 240 valence electrons. The van der Waals surface area contributed by atoms with Crippen molar-refractivity contribution in [1.29, 1.82) is 0 Å². The van der Waals surface area contributed by atoms with Crippen LogP contribution in [0.2, 0.25) is 0 Å². The number of aliphatic hydroxyl groups excluding tert-OH is 9. The van der Waals surface area contributed by atoms with Crippen LogP contribution in [0.1, 0.15) is 27.7 Å². The molecule has 4 fully saturated rings. The molecule has 0 saturated carbocycles. The highest BCUT2D eigenvalue weighted by atomic mass is 16.8. The van der Waals surface area contributed by atoms with Gasteiger partial charge in [-0.15, -0.1) is 0 Å². The molecule has 0 aromatic heterocycles. The van der Waals surface area contributed by atoms with Crippen LogP contribution in [0.15, 0.2) is 0 Å². The molecule has 0 bridgehead atoms. The summed E-state index contributed by atoms with van der Waals surface area (Å²) in [5.74, 6) is 0. The van der Waals surface area contributed by atoms with E-state index in [1.54, 1.807) is 0 Å². The largest absolute Gasteiger partial charge is 0.829 e. The van der Waals surface area contributed by atoms with Crippen molar-refractivity contribution in [3.63, 3.8) is 0 Å². The van der Waals surface area contributed by atoms with Crippen molar-refractivity contribution < 1.29 is 84.2 Å². The highest BCUT2D eigenvalue weighted by molar-refractivity contribution is 4.96. The fourth-order valence-electron chi connectivity index (χ4n) is 5.40. The normalized spacial score (nSPS) is 56.9. The van der Waals surface area contributed by atoms with Gasteiger partial charge in [-0.2, -0.15) is 0 Å². The molecular weight excluding hydrogens is 560 g/mol. The van der Waals surface area contributed by atoms with E-state index in [1.807, 2.05) is 0 Å². The first-order chi connectivity index (χ1) is 19.1. The predicted octanol–water partition coefficient (Wildman–Crippen LogP) is -6.27. The molecule has 4 saturated heterocycles. The Bertz CT molecular complexity index is 853. The smallest absolute Gasteiger partial charge is 0.187 e. The molecule has 17 nitrogen and oxygen atoms in total. The maximum atomic E-state index is 11.7. The van der Waals surface area contributed by atoms with Crippen LogP contribution in [-0.4, -0.2) is 169 Å². The highest BCUT2D eigenvalue weighted by Gasteiger charge is 2.53. The summed E-state index contributed by atoms with van der Waals surface area (Å²) in [5.41, 5.74) is 0. The summed E-state index contributed by atoms with van der Waals surface area (Å²) in [4.78, 5) is 0. The summed E-state index contributed by atoms with van der Waals surface area (Å²) in [5, 5.41) is 105. The van der Waals surface area contributed by atoms with Crippen molar-refractivity contribution in [3.05, 3.63) is 0 Å². The Morgan fingerprint density at radius 1 is 0.390 bits per heavy atom. The van der Waals surface area contributed by atoms with Gasteiger partial charge in [0.25, 0.3) is 0 Å². The maximum Gasteiger partial charge on any atom is 0.187 e. The summed E-state index contributed by atoms with van der Waals surface area (Å²) in [6, 6.07) is 0. The van der Waals surface area contributed by atoms with E-state index >= 15 is 0 Å². The molecule has 0 aromatic rings. The Morgan fingerprint density at radius 2 is 0.707 bits per heavy atom. The molecule has 20 atom stereocenters. The molecule has 0 radical (unpaired) electrons. The van der Waals surface area contributed by atoms with E-state index in [9.17, 15) is 51.1 Å². The summed E-state index contributed by atoms with van der Waals surface area (Å²) >= 11 is 0. The first-order valence-electron chi connectivity index (χ1n) is 13.5. The molecule has 4 heterocycles. The third-order valence-electron chi connectivity index (χ3n) is 8.01. The van der Waals surface area contributed by atoms with Crippen molar-refractivity contribution in [2.24, 2.45) is 0 Å². The van der Waals surface area contributed by atoms with Crippen LogP contribution in [0.3, 0.4) is 0 Å². The number of aliphatic hydroxyl groups is 9. The number of hydrogen-bond donors (Lipinski definition) is 9. The summed E-state index contributed by atoms with van der Waals surface area (Å²) in [7, 11) is 0. The van der Waals surface area contributed by atoms with Crippen LogP contribution in [0.5, 0.6) is 0 Å². The topological polar surface area (TPSA) is 270 Å². The molecule has 0 aromatic carbocycles. The monoisotopic (exact) mass is 601 g/mol. The molecule has 9 N–H and O–H groups in total. The standard InChI is InChI=1S/C24H41O17/c1-5-9(25)10(26)15(31)22(36-5)40-19-7(3)38-24(17(33)12(19)28)41-20-8(4)37-23(16(32)13(20)29)39-18-6(2)35-21(34)14(30)11(18)27/h5-33H,1-4H3/q-1/t5-,6-,7-,8-,9+,10+,11-,12-,13-,14-,15-,16-,17-,18-,19+,20-,21?,22-,23-,24-/m1/s1. The molecule has 0 aliphatic carbocycles. The van der Waals surface area contributed by atoms with Gasteiger partial charge in [0.05, 0.1) is 30.5 Å². The third kappa shape index (κ3) is 6.57. The SMILES string of the molecule is C[C@H]1O[C@H](O[C@@H]2[C@H](O)[C@@H](O)[C@@H](O[C@H]3[C@H](O)[C@@H](O)[C@@H](O[C@H]4[C@H](O)[C@@H](O)C([O-])O[C@@H]4C)O[C@@H]3C)O[C@@H]2C)[C@H](O)[C@@H](O)[C@H]1O. The van der Waals surface area contributed by atoms with Crippen LogP contribution in [0.4, 0.5) is 0 Å². The van der Waals surface area contributed by atoms with Gasteiger partial charge in [-0.05, 0) is 27.7 Å². The average Bonchev–Trinajstić information content (AvgIpc) is 2.92. The Balaban J connectivity index is 1.37. The second-order valence-corrected chi connectivity index (χ2v) is 11.1. The quantitative estimate of drug-likeness (QED) is 0.137. The van der Waals surface area contributed by atoms with Crippen molar-refractivity contribution in [2.75, 3.05) is 0 Å². The van der Waals surface area contributed by atoms with Crippen LogP contribution in [0.25, 0.3) is 0 Å². The van der Waals surface area contributed by atoms with Crippen molar-refractivity contribution >= 4 is 0 Å². The van der Waals surface area contributed by atoms with Gasteiger partial charge in [-0.25, -0.2) is 0 Å². The lowest BCUT2D eigenvalue weighted by Gasteiger charge is -2.49. The van der Waals surface area contributed by atoms with Gasteiger partial charge in [0, 0.05) is 6.29 Å². The summed E-state index contributed by atoms with van der Waals surface area (Å²) in [6.45, 7) is 5.80. The van der Waals surface area contributed by atoms with Gasteiger partial charge in [0.15, 0.2) is 18.9 Å². The molecule has 1 unspecified atom stereocenters. The van der Waals surface area contributed by atoms with E-state index in [0.717, 1.165) is 0 Å². The second kappa shape index (κ2) is 13.1. The molecule has 17 heteroatoms. The minimum atomic E-state index is -1.90. The number of ether oxygens (including phenoxy) is 7. The Morgan fingerprint density at radius 3 is 1.12 bits per heavy atom. The van der Waals surface area contributed by atoms with Gasteiger partial charge < -0.3 is 84.2 Å². The predicted molar refractivity (Wildman–Crippen MR) is 126 cm³/mol. The van der Waals surface area contributed by atoms with E-state index in [2.05, 4.69) is 0 Å². The Hall–Kier alpha value is -0.680. The van der Waals surface area contributed by atoms with Gasteiger partial charge in [0.2, 0.25) is 0 Å². The molecule has 4 aliphatic heterocycles. The first kappa shape index (κ1) is 33.2. The number of hydrogen-bond acceptors (Lipinski definition) is 17. The maximum absolute atomic E-state index is 11.7. The van der Waals surface area contributed by atoms with Gasteiger partial charge in [0.1, 0.15) is 67.1 Å². The Labute approximate surface area is 235 Å². The third-order valence-corrected chi connectivity index (χ3v) is 8.01. The van der Waals surface area contributed by atoms with Crippen LogP contribution in [-0.2, 0) is 33.2 Å². The minimum Gasteiger partial charge on any atom is -0.829 e. The van der Waals surface area contributed by atoms with Crippen molar-refractivity contribution in [2.45, 2.75) is 151 Å². The lowest BCUT2D eigenvalue weighted by molar-refractivity contribution is -0.533. The van der Waals surface area contributed by atoms with Gasteiger partial charge in [-0.1, -0.05) is 0 Å². The molecule has 0 spiro atoms. The molecule has 41 heavy (non-hydrogen) atoms. The Kier molecular flexibility index (Phi) is 10.6. The van der Waals surface area contributed by atoms with Crippen LogP contribution in [0, 0.1) is 0 Å². The molecule has 4 aliphatic rings. The van der Waals surface area contributed by atoms with E-state index in [-0.39, 0.29) is 0 Å². The van der Waals surface area contributed by atoms with Gasteiger partial charge in [-0.3, -0.25) is 0 Å². The zero-order chi connectivity index (χ0) is 30.5. The number of rotatable bonds is 6. The zero-order valence-corrected chi connectivity index (χ0v) is 22.8. The minimum absolute atomic E-state index is 0.907. The second-order valence-electron chi connectivity index (χ2n) is 11.1. The molecular formula is C24H41O17-. The van der Waals surface area contributed by atoms with E-state index in [4.69, 9.17) is 33.2 Å². The van der Waals surface area contributed by atoms with Crippen molar-refractivity contribution in [1.82, 2.24) is 0 Å². The van der Waals surface area contributed by atoms with E-state index in [1.165, 1.54) is 27.7 Å². The van der Waals surface area contributed by atoms with Gasteiger partial charge >= 0.3 is 0 Å². The van der Waals surface area contributed by atoms with Crippen LogP contribution >= 0.6 is 0 Å². The van der Waals surface area contributed by atoms with E-state index < -0.39 is 123 Å². The lowest BCUT2D eigenvalue weighted by atomic mass is 9.96. The fraction of sp³-hybridized carbons (Fsp3) is 1.00. The lowest BCUT2D eigenvalue weighted by Crippen LogP contribution is -2.66. The summed E-state index contributed by atoms with van der Waals surface area (Å²) in [6.07, 6.45) is -29.1. The fourth-order valence-corrected chi connectivity index (χ4v) is 5.40.